The molecule has 0 spiro atoms. The monoisotopic (exact) mass is 1220 g/mol. The second-order valence-corrected chi connectivity index (χ2v) is 28.5. The van der Waals surface area contributed by atoms with E-state index in [1.54, 1.807) is 40.9 Å². The molecule has 0 saturated heterocycles. The summed E-state index contributed by atoms with van der Waals surface area (Å²) in [7, 11) is 0. The molecule has 0 amide bonds. The SMILES string of the molecule is C=C/C(=C\C=C\C1(c2ccc(C(C)(C)C)cc2)c2cc(-c3ccc(/C=C4\C(=O)c5ccccc5C4=C(C#N)C#N)s3)ccc2-c2cc3c(cc21)-c1ccc(-c2ccc(CC4C(=O)c5ccccc5/C4=C(/N)C#N)s2)cc1C3(C)I)C(C)(C)C. The van der Waals surface area contributed by atoms with Gasteiger partial charge in [-0.3, -0.25) is 9.59 Å². The minimum atomic E-state index is -0.756. The van der Waals surface area contributed by atoms with Gasteiger partial charge in [-0.2, -0.15) is 15.8 Å². The normalized spacial score (nSPS) is 19.6. The fraction of sp³-hybridized carbons (Fsp3) is 0.176. The number of carbonyl (C=O) groups excluding carboxylic acids is 2. The molecule has 0 aliphatic heterocycles. The summed E-state index contributed by atoms with van der Waals surface area (Å²) < 4.78 is -0.395. The fourth-order valence-corrected chi connectivity index (χ4v) is 15.7. The molecular weight excluding hydrogens is 1170 g/mol. The molecule has 6 nitrogen and oxygen atoms in total. The molecule has 4 aliphatic rings. The van der Waals surface area contributed by atoms with E-state index >= 15 is 0 Å². The van der Waals surface area contributed by atoms with Gasteiger partial charge in [-0.15, -0.1) is 22.7 Å². The topological polar surface area (TPSA) is 132 Å². The molecule has 9 heteroatoms. The molecule has 4 aliphatic carbocycles. The molecule has 0 saturated carbocycles. The summed E-state index contributed by atoms with van der Waals surface area (Å²) in [6, 6.07) is 57.0. The van der Waals surface area contributed by atoms with Crippen LogP contribution >= 0.6 is 45.3 Å². The van der Waals surface area contributed by atoms with Gasteiger partial charge in [0.2, 0.25) is 0 Å². The Morgan fingerprint density at radius 3 is 1.89 bits per heavy atom. The van der Waals surface area contributed by atoms with E-state index in [0.29, 0.717) is 39.8 Å². The lowest BCUT2D eigenvalue weighted by atomic mass is 9.70. The van der Waals surface area contributed by atoms with Crippen molar-refractivity contribution in [1.29, 1.82) is 15.8 Å². The van der Waals surface area contributed by atoms with Crippen LogP contribution in [0.4, 0.5) is 0 Å². The Kier molecular flexibility index (Phi) is 13.6. The fourth-order valence-electron chi connectivity index (χ4n) is 12.8. The Labute approximate surface area is 507 Å². The van der Waals surface area contributed by atoms with Gasteiger partial charge in [0.1, 0.15) is 29.5 Å². The number of rotatable bonds is 9. The van der Waals surface area contributed by atoms with Crippen molar-refractivity contribution in [2.24, 2.45) is 17.1 Å². The van der Waals surface area contributed by atoms with Crippen LogP contribution in [0.15, 0.2) is 199 Å². The van der Waals surface area contributed by atoms with Crippen molar-refractivity contribution < 1.29 is 9.59 Å². The molecule has 83 heavy (non-hydrogen) atoms. The third kappa shape index (κ3) is 8.98. The first-order valence-electron chi connectivity index (χ1n) is 27.7. The summed E-state index contributed by atoms with van der Waals surface area (Å²) in [4.78, 5) is 31.8. The van der Waals surface area contributed by atoms with E-state index in [-0.39, 0.29) is 33.7 Å². The first-order valence-corrected chi connectivity index (χ1v) is 30.4. The summed E-state index contributed by atoms with van der Waals surface area (Å²) in [6.07, 6.45) is 11.1. The van der Waals surface area contributed by atoms with E-state index in [1.807, 2.05) is 60.7 Å². The number of halogens is 1. The Bertz CT molecular complexity index is 4440. The van der Waals surface area contributed by atoms with Gasteiger partial charge in [0.25, 0.3) is 0 Å². The van der Waals surface area contributed by atoms with Crippen LogP contribution in [-0.4, -0.2) is 11.6 Å². The third-order valence-corrected chi connectivity index (χ3v) is 20.5. The zero-order valence-electron chi connectivity index (χ0n) is 47.2. The van der Waals surface area contributed by atoms with Crippen LogP contribution in [0.5, 0.6) is 0 Å². The Morgan fingerprint density at radius 2 is 1.24 bits per heavy atom. The number of Topliss-reactive ketones (excluding diaryl/α,β-unsaturated/α-hetero) is 2. The highest BCUT2D eigenvalue weighted by molar-refractivity contribution is 14.1. The summed E-state index contributed by atoms with van der Waals surface area (Å²) >= 11 is 5.90. The summed E-state index contributed by atoms with van der Waals surface area (Å²) in [5, 5.41) is 29.9. The number of nitriles is 3. The van der Waals surface area contributed by atoms with E-state index < -0.39 is 14.8 Å². The van der Waals surface area contributed by atoms with Crippen molar-refractivity contribution in [3.63, 3.8) is 0 Å². The van der Waals surface area contributed by atoms with Crippen LogP contribution in [0.2, 0.25) is 0 Å². The number of nitrogens with two attached hydrogens (primary N) is 1. The number of alkyl halides is 1. The van der Waals surface area contributed by atoms with Crippen molar-refractivity contribution in [1.82, 2.24) is 0 Å². The standard InChI is InChI=1S/C74H57IN4O2S2/c1-9-45(71(2,3)4)15-14-32-74(47-24-22-46(23-25-47)72(5,6)7)62-34-43(66-31-26-48(82-66)35-58-67(44(39-76)40-77)52-16-10-12-18-54(52)69(58)80)21-29-51(62)57-37-61-56(38-63(57)74)50-28-20-42(33-60(50)73(61,8)75)65-30-27-49(83-65)36-59-68(64(79)41-78)53-17-11-13-19-55(53)70(59)81/h9-35,37-38,59H,1,36,79H2,2-8H3/b32-14+,45-15+,58-35-,68-64-. The number of fused-ring (bicyclic) bond motifs is 8. The molecule has 2 N–H and O–H groups in total. The average Bonchev–Trinajstić information content (AvgIpc) is 1.69. The van der Waals surface area contributed by atoms with Gasteiger partial charge in [-0.1, -0.05) is 192 Å². The van der Waals surface area contributed by atoms with Crippen LogP contribution in [0.25, 0.3) is 60.4 Å². The Balaban J connectivity index is 0.987. The van der Waals surface area contributed by atoms with E-state index in [9.17, 15) is 25.4 Å². The smallest absolute Gasteiger partial charge is 0.194 e. The van der Waals surface area contributed by atoms with Crippen LogP contribution < -0.4 is 5.73 Å². The maximum absolute atomic E-state index is 14.0. The number of carbonyl (C=O) groups is 2. The number of thiophene rings is 2. The van der Waals surface area contributed by atoms with Gasteiger partial charge < -0.3 is 5.73 Å². The van der Waals surface area contributed by atoms with Crippen molar-refractivity contribution in [2.75, 3.05) is 0 Å². The lowest BCUT2D eigenvalue weighted by molar-refractivity contribution is 0.0957. The second-order valence-electron chi connectivity index (χ2n) is 24.0. The summed E-state index contributed by atoms with van der Waals surface area (Å²) in [6.45, 7) is 19.9. The van der Waals surface area contributed by atoms with Gasteiger partial charge in [-0.25, -0.2) is 0 Å². The van der Waals surface area contributed by atoms with Gasteiger partial charge in [0, 0.05) is 47.4 Å². The molecule has 0 bridgehead atoms. The summed E-state index contributed by atoms with van der Waals surface area (Å²) in [5.74, 6) is -0.729. The molecule has 12 rings (SSSR count). The van der Waals surface area contributed by atoms with Gasteiger partial charge >= 0.3 is 0 Å². The zero-order valence-corrected chi connectivity index (χ0v) is 51.0. The quantitative estimate of drug-likeness (QED) is 0.0503. The number of nitrogens with zero attached hydrogens (tertiary/aromatic N) is 3. The minimum absolute atomic E-state index is 0.00217. The maximum atomic E-state index is 14.0. The van der Waals surface area contributed by atoms with Gasteiger partial charge in [-0.05, 0) is 162 Å². The first kappa shape index (κ1) is 55.1. The molecule has 2 aromatic heterocycles. The number of hydrogen-bond acceptors (Lipinski definition) is 8. The number of benzene rings is 6. The molecule has 2 heterocycles. The first-order chi connectivity index (χ1) is 39.7. The number of allylic oxidation sites excluding steroid dienone is 10. The molecule has 3 atom stereocenters. The highest BCUT2D eigenvalue weighted by atomic mass is 127. The van der Waals surface area contributed by atoms with E-state index in [0.717, 1.165) is 58.5 Å². The number of hydrogen-bond donors (Lipinski definition) is 1. The number of ketones is 2. The van der Waals surface area contributed by atoms with Crippen molar-refractivity contribution in [3.05, 3.63) is 264 Å². The minimum Gasteiger partial charge on any atom is -0.390 e. The van der Waals surface area contributed by atoms with Crippen LogP contribution in [0.1, 0.15) is 123 Å². The van der Waals surface area contributed by atoms with E-state index in [4.69, 9.17) is 5.73 Å². The molecule has 0 radical (unpaired) electrons. The highest BCUT2D eigenvalue weighted by Gasteiger charge is 2.47. The predicted octanol–water partition coefficient (Wildman–Crippen LogP) is 18.5. The molecule has 6 aromatic carbocycles. The van der Waals surface area contributed by atoms with E-state index in [2.05, 4.69) is 193 Å². The Hall–Kier alpha value is -8.50. The maximum Gasteiger partial charge on any atom is 0.194 e. The largest absolute Gasteiger partial charge is 0.390 e. The van der Waals surface area contributed by atoms with E-state index in [1.165, 1.54) is 38.9 Å². The molecule has 404 valence electrons. The second kappa shape index (κ2) is 20.4. The Morgan fingerprint density at radius 1 is 0.663 bits per heavy atom. The average molecular weight is 1230 g/mol. The van der Waals surface area contributed by atoms with Crippen LogP contribution in [0, 0.1) is 45.3 Å². The molecule has 0 fully saturated rings. The summed E-state index contributed by atoms with van der Waals surface area (Å²) in [5.41, 5.74) is 24.3. The lowest BCUT2D eigenvalue weighted by Gasteiger charge is -2.31. The molecular formula is C74H57IN4O2S2. The van der Waals surface area contributed by atoms with Gasteiger partial charge in [0.05, 0.1) is 14.8 Å². The van der Waals surface area contributed by atoms with Crippen molar-refractivity contribution in [3.8, 4) is 61.3 Å². The highest BCUT2D eigenvalue weighted by Crippen LogP contribution is 2.61. The lowest BCUT2D eigenvalue weighted by Crippen LogP contribution is -2.25. The van der Waals surface area contributed by atoms with Crippen LogP contribution in [0.3, 0.4) is 0 Å². The van der Waals surface area contributed by atoms with Crippen LogP contribution in [-0.2, 0) is 20.7 Å². The third-order valence-electron chi connectivity index (χ3n) is 17.1. The molecule has 8 aromatic rings. The van der Waals surface area contributed by atoms with Crippen molar-refractivity contribution in [2.45, 2.75) is 69.1 Å². The zero-order chi connectivity index (χ0) is 58.5. The van der Waals surface area contributed by atoms with Crippen molar-refractivity contribution >= 4 is 74.1 Å². The molecule has 3 unspecified atom stereocenters. The predicted molar refractivity (Wildman–Crippen MR) is 348 cm³/mol. The van der Waals surface area contributed by atoms with Gasteiger partial charge in [0.15, 0.2) is 11.6 Å².